The molecule has 0 aromatic heterocycles. The summed E-state index contributed by atoms with van der Waals surface area (Å²) >= 11 is 1.43. The minimum atomic E-state index is -0.0692. The highest BCUT2D eigenvalue weighted by Gasteiger charge is 2.29. The summed E-state index contributed by atoms with van der Waals surface area (Å²) < 4.78 is 0. The number of hydroxylamine groups is 1. The molecule has 1 aromatic carbocycles. The Labute approximate surface area is 145 Å². The Kier molecular flexibility index (Phi) is 5.42. The molecule has 1 atom stereocenters. The molecule has 0 saturated heterocycles. The van der Waals surface area contributed by atoms with Gasteiger partial charge in [0.25, 0.3) is 5.90 Å². The molecule has 1 aliphatic carbocycles. The number of nitrogens with zero attached hydrogens (tertiary/aromatic N) is 1. The molecule has 1 aromatic rings. The summed E-state index contributed by atoms with van der Waals surface area (Å²) in [5.74, 6) is 1.22. The molecule has 24 heavy (non-hydrogen) atoms. The normalized spacial score (nSPS) is 20.9. The van der Waals surface area contributed by atoms with Crippen LogP contribution in [0.4, 0.5) is 0 Å². The van der Waals surface area contributed by atoms with E-state index < -0.39 is 0 Å². The standard InChI is InChI=1S/C17H22N4O2S/c1-2-13-20-17(23-21-13)15(14(18)11-6-4-3-5-7-11)24-10-19-16(22)12-8-9-12/h3-7,12-13,21H,2,8-10,18H2,1H3,(H,19,22)/b15-14-. The minimum absolute atomic E-state index is 0.0692. The van der Waals surface area contributed by atoms with Crippen molar-refractivity contribution in [1.82, 2.24) is 10.8 Å². The average Bonchev–Trinajstić information content (AvgIpc) is 3.37. The highest BCUT2D eigenvalue weighted by atomic mass is 32.2. The molecule has 3 rings (SSSR count). The zero-order valence-electron chi connectivity index (χ0n) is 13.6. The van der Waals surface area contributed by atoms with Crippen molar-refractivity contribution in [3.05, 3.63) is 40.8 Å². The molecule has 1 heterocycles. The fourth-order valence-corrected chi connectivity index (χ4v) is 3.12. The van der Waals surface area contributed by atoms with E-state index in [9.17, 15) is 4.79 Å². The third-order valence-electron chi connectivity index (χ3n) is 3.89. The molecule has 1 aliphatic heterocycles. The predicted octanol–water partition coefficient (Wildman–Crippen LogP) is 2.20. The molecule has 4 N–H and O–H groups in total. The first-order valence-electron chi connectivity index (χ1n) is 8.15. The highest BCUT2D eigenvalue weighted by molar-refractivity contribution is 8.04. The van der Waals surface area contributed by atoms with Gasteiger partial charge in [-0.05, 0) is 24.8 Å². The molecule has 0 bridgehead atoms. The van der Waals surface area contributed by atoms with Crippen LogP contribution in [0.5, 0.6) is 0 Å². The quantitative estimate of drug-likeness (QED) is 0.659. The van der Waals surface area contributed by atoms with Crippen LogP contribution in [0.1, 0.15) is 31.7 Å². The van der Waals surface area contributed by atoms with Crippen molar-refractivity contribution in [2.24, 2.45) is 16.6 Å². The number of aliphatic imine (C=N–C) groups is 1. The van der Waals surface area contributed by atoms with Gasteiger partial charge in [-0.1, -0.05) is 49.0 Å². The summed E-state index contributed by atoms with van der Waals surface area (Å²) in [6, 6.07) is 9.70. The first-order valence-corrected chi connectivity index (χ1v) is 9.13. The van der Waals surface area contributed by atoms with Gasteiger partial charge >= 0.3 is 0 Å². The number of benzene rings is 1. The molecule has 2 aliphatic rings. The van der Waals surface area contributed by atoms with Crippen molar-refractivity contribution >= 4 is 29.3 Å². The molecule has 1 fully saturated rings. The minimum Gasteiger partial charge on any atom is -0.397 e. The van der Waals surface area contributed by atoms with Crippen LogP contribution in [-0.2, 0) is 9.63 Å². The van der Waals surface area contributed by atoms with Crippen molar-refractivity contribution < 1.29 is 9.63 Å². The van der Waals surface area contributed by atoms with Crippen LogP contribution >= 0.6 is 11.8 Å². The van der Waals surface area contributed by atoms with E-state index in [2.05, 4.69) is 15.8 Å². The van der Waals surface area contributed by atoms with Crippen LogP contribution in [0.2, 0.25) is 0 Å². The maximum Gasteiger partial charge on any atom is 0.250 e. The first kappa shape index (κ1) is 16.9. The van der Waals surface area contributed by atoms with E-state index in [1.54, 1.807) is 0 Å². The third kappa shape index (κ3) is 4.10. The van der Waals surface area contributed by atoms with Crippen LogP contribution in [-0.4, -0.2) is 23.8 Å². The zero-order valence-corrected chi connectivity index (χ0v) is 14.4. The monoisotopic (exact) mass is 346 g/mol. The Bertz CT molecular complexity index is 656. The molecule has 128 valence electrons. The Morgan fingerprint density at radius 2 is 2.17 bits per heavy atom. The highest BCUT2D eigenvalue weighted by Crippen LogP contribution is 2.30. The largest absolute Gasteiger partial charge is 0.397 e. The summed E-state index contributed by atoms with van der Waals surface area (Å²) in [4.78, 5) is 22.6. The van der Waals surface area contributed by atoms with Crippen molar-refractivity contribution in [3.8, 4) is 0 Å². The lowest BCUT2D eigenvalue weighted by Crippen LogP contribution is -2.25. The van der Waals surface area contributed by atoms with Crippen molar-refractivity contribution in [2.45, 2.75) is 32.4 Å². The zero-order chi connectivity index (χ0) is 16.9. The summed E-state index contributed by atoms with van der Waals surface area (Å²) in [6.45, 7) is 2.03. The number of rotatable bonds is 7. The smallest absolute Gasteiger partial charge is 0.250 e. The topological polar surface area (TPSA) is 88.7 Å². The van der Waals surface area contributed by atoms with Crippen molar-refractivity contribution in [1.29, 1.82) is 0 Å². The van der Waals surface area contributed by atoms with E-state index in [0.717, 1.165) is 29.7 Å². The predicted molar refractivity (Wildman–Crippen MR) is 96.6 cm³/mol. The molecular formula is C17H22N4O2S. The van der Waals surface area contributed by atoms with E-state index >= 15 is 0 Å². The molecule has 0 spiro atoms. The number of hydrogen-bond acceptors (Lipinski definition) is 6. The van der Waals surface area contributed by atoms with Crippen LogP contribution in [0.25, 0.3) is 5.70 Å². The van der Waals surface area contributed by atoms with Crippen LogP contribution < -0.4 is 16.5 Å². The molecule has 7 heteroatoms. The van der Waals surface area contributed by atoms with Gasteiger partial charge in [0.05, 0.1) is 16.5 Å². The van der Waals surface area contributed by atoms with E-state index in [0.29, 0.717) is 17.5 Å². The van der Waals surface area contributed by atoms with Gasteiger partial charge in [0.1, 0.15) is 6.17 Å². The summed E-state index contributed by atoms with van der Waals surface area (Å²) in [6.07, 6.45) is 2.73. The van der Waals surface area contributed by atoms with Crippen LogP contribution in [0.15, 0.2) is 40.2 Å². The van der Waals surface area contributed by atoms with Crippen LogP contribution in [0, 0.1) is 5.92 Å². The number of amides is 1. The van der Waals surface area contributed by atoms with Gasteiger partial charge in [0.2, 0.25) is 5.91 Å². The van der Waals surface area contributed by atoms with Gasteiger partial charge in [-0.25, -0.2) is 4.99 Å². The Balaban J connectivity index is 1.76. The van der Waals surface area contributed by atoms with Gasteiger partial charge < -0.3 is 15.9 Å². The van der Waals surface area contributed by atoms with Crippen LogP contribution in [0.3, 0.4) is 0 Å². The molecular weight excluding hydrogens is 324 g/mol. The second-order valence-electron chi connectivity index (χ2n) is 5.79. The van der Waals surface area contributed by atoms with E-state index in [1.165, 1.54) is 11.8 Å². The van der Waals surface area contributed by atoms with Gasteiger partial charge in [-0.15, -0.1) is 5.48 Å². The Hall–Kier alpha value is -1.99. The van der Waals surface area contributed by atoms with Crippen molar-refractivity contribution in [3.63, 3.8) is 0 Å². The lowest BCUT2D eigenvalue weighted by Gasteiger charge is -2.12. The molecule has 1 amide bonds. The fourth-order valence-electron chi connectivity index (χ4n) is 2.27. The number of carbonyl (C=O) groups is 1. The third-order valence-corrected chi connectivity index (χ3v) is 4.86. The van der Waals surface area contributed by atoms with E-state index in [4.69, 9.17) is 10.6 Å². The molecule has 6 nitrogen and oxygen atoms in total. The Morgan fingerprint density at radius 1 is 1.42 bits per heavy atom. The maximum absolute atomic E-state index is 11.8. The van der Waals surface area contributed by atoms with Gasteiger partial charge in [0, 0.05) is 5.92 Å². The number of hydrogen-bond donors (Lipinski definition) is 3. The van der Waals surface area contributed by atoms with Gasteiger partial charge in [-0.3, -0.25) is 4.79 Å². The molecule has 1 saturated carbocycles. The summed E-state index contributed by atoms with van der Waals surface area (Å²) in [7, 11) is 0. The second kappa shape index (κ2) is 7.72. The number of nitrogens with one attached hydrogen (secondary N) is 2. The SMILES string of the molecule is CCC1N=C(/C(SCNC(=O)C2CC2)=C(/N)c2ccccc2)ON1. The summed E-state index contributed by atoms with van der Waals surface area (Å²) in [5, 5.41) is 2.93. The van der Waals surface area contributed by atoms with E-state index in [1.807, 2.05) is 37.3 Å². The number of thioether (sulfide) groups is 1. The first-order chi connectivity index (χ1) is 11.7. The lowest BCUT2D eigenvalue weighted by atomic mass is 10.1. The Morgan fingerprint density at radius 3 is 2.79 bits per heavy atom. The van der Waals surface area contributed by atoms with Crippen molar-refractivity contribution in [2.75, 3.05) is 5.88 Å². The van der Waals surface area contributed by atoms with Gasteiger partial charge in [0.15, 0.2) is 0 Å². The molecule has 1 unspecified atom stereocenters. The lowest BCUT2D eigenvalue weighted by molar-refractivity contribution is -0.121. The average molecular weight is 346 g/mol. The number of nitrogens with two attached hydrogens (primary N) is 1. The second-order valence-corrected chi connectivity index (χ2v) is 6.78. The number of carbonyl (C=O) groups excluding carboxylic acids is 1. The maximum atomic E-state index is 11.8. The summed E-state index contributed by atoms with van der Waals surface area (Å²) in [5.41, 5.74) is 10.7. The van der Waals surface area contributed by atoms with E-state index in [-0.39, 0.29) is 18.0 Å². The van der Waals surface area contributed by atoms with Gasteiger partial charge in [-0.2, -0.15) is 0 Å². The fraction of sp³-hybridized carbons (Fsp3) is 0.412. The molecule has 0 radical (unpaired) electrons.